The molecule has 0 atom stereocenters. The zero-order chi connectivity index (χ0) is 20.2. The summed E-state index contributed by atoms with van der Waals surface area (Å²) in [6.07, 6.45) is 1.36. The molecule has 0 aliphatic carbocycles. The van der Waals surface area contributed by atoms with Crippen LogP contribution in [0.3, 0.4) is 0 Å². The lowest BCUT2D eigenvalue weighted by Crippen LogP contribution is -2.34. The molecule has 0 bridgehead atoms. The minimum atomic E-state index is -0.394. The topological polar surface area (TPSA) is 95.6 Å². The maximum absolute atomic E-state index is 12.6. The van der Waals surface area contributed by atoms with Crippen LogP contribution in [0.1, 0.15) is 0 Å². The number of fused-ring (bicyclic) bond motifs is 3. The number of aromatic nitrogens is 2. The van der Waals surface area contributed by atoms with Crippen LogP contribution in [-0.2, 0) is 11.3 Å². The Balaban J connectivity index is 1.37. The lowest BCUT2D eigenvalue weighted by molar-refractivity contribution is -0.121. The van der Waals surface area contributed by atoms with E-state index in [2.05, 4.69) is 10.3 Å². The highest BCUT2D eigenvalue weighted by atomic mass is 16.5. The molecule has 0 fully saturated rings. The van der Waals surface area contributed by atoms with Gasteiger partial charge in [0, 0.05) is 11.5 Å². The molecule has 0 spiro atoms. The van der Waals surface area contributed by atoms with Crippen molar-refractivity contribution in [2.75, 3.05) is 20.3 Å². The number of hydrogen-bond acceptors (Lipinski definition) is 6. The summed E-state index contributed by atoms with van der Waals surface area (Å²) in [5.74, 6) is 1.02. The van der Waals surface area contributed by atoms with Crippen molar-refractivity contribution in [3.8, 4) is 11.5 Å². The van der Waals surface area contributed by atoms with E-state index in [0.29, 0.717) is 29.1 Å². The number of hydrogen-bond donors (Lipinski definition) is 1. The monoisotopic (exact) mass is 393 g/mol. The van der Waals surface area contributed by atoms with Crippen LogP contribution in [0.15, 0.2) is 64.1 Å². The molecule has 148 valence electrons. The Morgan fingerprint density at radius 2 is 2.00 bits per heavy atom. The van der Waals surface area contributed by atoms with E-state index in [1.54, 1.807) is 25.3 Å². The summed E-state index contributed by atoms with van der Waals surface area (Å²) in [7, 11) is 1.58. The third kappa shape index (κ3) is 3.91. The highest BCUT2D eigenvalue weighted by Crippen LogP contribution is 2.24. The Morgan fingerprint density at radius 1 is 1.17 bits per heavy atom. The second-order valence-electron chi connectivity index (χ2n) is 6.33. The standard InChI is InChI=1S/C21H19N3O5/c1-27-14-5-4-6-15(11-14)28-10-9-22-18(25)12-24-13-23-19-16-7-2-3-8-17(16)29-20(19)21(24)26/h2-8,11,13H,9-10,12H2,1H3,(H,22,25). The Bertz CT molecular complexity index is 1230. The normalized spacial score (nSPS) is 10.9. The van der Waals surface area contributed by atoms with Crippen LogP contribution >= 0.6 is 0 Å². The van der Waals surface area contributed by atoms with Crippen LogP contribution < -0.4 is 20.3 Å². The fourth-order valence-electron chi connectivity index (χ4n) is 2.99. The first kappa shape index (κ1) is 18.5. The smallest absolute Gasteiger partial charge is 0.297 e. The fraction of sp³-hybridized carbons (Fsp3) is 0.190. The first-order valence-electron chi connectivity index (χ1n) is 9.06. The molecule has 0 aliphatic heterocycles. The lowest BCUT2D eigenvalue weighted by atomic mass is 10.2. The molecule has 0 radical (unpaired) electrons. The third-order valence-corrected chi connectivity index (χ3v) is 4.40. The molecule has 4 aromatic rings. The van der Waals surface area contributed by atoms with Gasteiger partial charge in [0.15, 0.2) is 0 Å². The number of rotatable bonds is 7. The van der Waals surface area contributed by atoms with Crippen molar-refractivity contribution in [2.24, 2.45) is 0 Å². The van der Waals surface area contributed by atoms with E-state index in [1.807, 2.05) is 30.3 Å². The molecule has 8 nitrogen and oxygen atoms in total. The van der Waals surface area contributed by atoms with Gasteiger partial charge in [0.05, 0.1) is 20.0 Å². The van der Waals surface area contributed by atoms with E-state index in [1.165, 1.54) is 10.9 Å². The van der Waals surface area contributed by atoms with Gasteiger partial charge in [-0.2, -0.15) is 0 Å². The molecule has 2 aromatic heterocycles. The number of furan rings is 1. The van der Waals surface area contributed by atoms with E-state index < -0.39 is 5.56 Å². The Labute approximate surface area is 165 Å². The number of ether oxygens (including phenoxy) is 2. The van der Waals surface area contributed by atoms with E-state index >= 15 is 0 Å². The number of carbonyl (C=O) groups excluding carboxylic acids is 1. The third-order valence-electron chi connectivity index (χ3n) is 4.40. The number of nitrogens with one attached hydrogen (secondary N) is 1. The minimum absolute atomic E-state index is 0.142. The van der Waals surface area contributed by atoms with Crippen LogP contribution in [0.25, 0.3) is 22.1 Å². The van der Waals surface area contributed by atoms with E-state index in [-0.39, 0.29) is 24.6 Å². The number of para-hydroxylation sites is 1. The van der Waals surface area contributed by atoms with Crippen molar-refractivity contribution >= 4 is 28.0 Å². The highest BCUT2D eigenvalue weighted by molar-refractivity contribution is 6.01. The summed E-state index contributed by atoms with van der Waals surface area (Å²) in [5.41, 5.74) is 0.828. The maximum Gasteiger partial charge on any atom is 0.297 e. The molecular weight excluding hydrogens is 374 g/mol. The van der Waals surface area contributed by atoms with E-state index in [0.717, 1.165) is 5.39 Å². The van der Waals surface area contributed by atoms with Gasteiger partial charge in [0.2, 0.25) is 11.5 Å². The second kappa shape index (κ2) is 8.05. The Morgan fingerprint density at radius 3 is 2.86 bits per heavy atom. The average molecular weight is 393 g/mol. The van der Waals surface area contributed by atoms with Crippen molar-refractivity contribution in [3.05, 3.63) is 65.2 Å². The molecule has 0 saturated heterocycles. The fourth-order valence-corrected chi connectivity index (χ4v) is 2.99. The van der Waals surface area contributed by atoms with Gasteiger partial charge < -0.3 is 19.2 Å². The SMILES string of the molecule is COc1cccc(OCCNC(=O)Cn2cnc3c(oc4ccccc43)c2=O)c1. The second-order valence-corrected chi connectivity index (χ2v) is 6.33. The maximum atomic E-state index is 12.6. The summed E-state index contributed by atoms with van der Waals surface area (Å²) in [5, 5.41) is 3.49. The van der Waals surface area contributed by atoms with Gasteiger partial charge in [-0.3, -0.25) is 14.2 Å². The molecule has 0 saturated carbocycles. The predicted molar refractivity (Wildman–Crippen MR) is 107 cm³/mol. The molecule has 0 unspecified atom stereocenters. The first-order chi connectivity index (χ1) is 14.2. The van der Waals surface area contributed by atoms with Gasteiger partial charge in [0.1, 0.15) is 35.8 Å². The van der Waals surface area contributed by atoms with Gasteiger partial charge in [-0.25, -0.2) is 4.98 Å². The lowest BCUT2D eigenvalue weighted by Gasteiger charge is -2.09. The Kier molecular flexibility index (Phi) is 5.15. The number of methoxy groups -OCH3 is 1. The van der Waals surface area contributed by atoms with Crippen LogP contribution in [0, 0.1) is 0 Å². The van der Waals surface area contributed by atoms with Crippen molar-refractivity contribution in [1.29, 1.82) is 0 Å². The molecule has 8 heteroatoms. The van der Waals surface area contributed by atoms with Crippen LogP contribution in [0.2, 0.25) is 0 Å². The molecule has 29 heavy (non-hydrogen) atoms. The van der Waals surface area contributed by atoms with Gasteiger partial charge >= 0.3 is 0 Å². The largest absolute Gasteiger partial charge is 0.497 e. The van der Waals surface area contributed by atoms with Gasteiger partial charge in [-0.05, 0) is 24.3 Å². The quantitative estimate of drug-likeness (QED) is 0.484. The molecule has 2 aromatic carbocycles. The van der Waals surface area contributed by atoms with Gasteiger partial charge in [0.25, 0.3) is 5.56 Å². The zero-order valence-corrected chi connectivity index (χ0v) is 15.8. The number of nitrogens with zero attached hydrogens (tertiary/aromatic N) is 2. The van der Waals surface area contributed by atoms with Gasteiger partial charge in [-0.1, -0.05) is 18.2 Å². The molecular formula is C21H19N3O5. The highest BCUT2D eigenvalue weighted by Gasteiger charge is 2.14. The summed E-state index contributed by atoms with van der Waals surface area (Å²) in [6, 6.07) is 14.5. The predicted octanol–water partition coefficient (Wildman–Crippen LogP) is 2.35. The first-order valence-corrected chi connectivity index (χ1v) is 9.06. The molecule has 2 heterocycles. The van der Waals surface area contributed by atoms with Crippen LogP contribution in [0.4, 0.5) is 0 Å². The van der Waals surface area contributed by atoms with Crippen molar-refractivity contribution < 1.29 is 18.7 Å². The average Bonchev–Trinajstić information content (AvgIpc) is 3.13. The minimum Gasteiger partial charge on any atom is -0.497 e. The van der Waals surface area contributed by atoms with Crippen molar-refractivity contribution in [3.63, 3.8) is 0 Å². The van der Waals surface area contributed by atoms with Gasteiger partial charge in [-0.15, -0.1) is 0 Å². The summed E-state index contributed by atoms with van der Waals surface area (Å²) >= 11 is 0. The van der Waals surface area contributed by atoms with E-state index in [4.69, 9.17) is 13.9 Å². The number of benzene rings is 2. The molecule has 4 rings (SSSR count). The summed E-state index contributed by atoms with van der Waals surface area (Å²) < 4.78 is 17.5. The van der Waals surface area contributed by atoms with Crippen LogP contribution in [0.5, 0.6) is 11.5 Å². The van der Waals surface area contributed by atoms with Crippen molar-refractivity contribution in [1.82, 2.24) is 14.9 Å². The number of amides is 1. The number of carbonyl (C=O) groups is 1. The van der Waals surface area contributed by atoms with Crippen LogP contribution in [-0.4, -0.2) is 35.7 Å². The zero-order valence-electron chi connectivity index (χ0n) is 15.8. The summed E-state index contributed by atoms with van der Waals surface area (Å²) in [6.45, 7) is 0.428. The molecule has 0 aliphatic rings. The Hall–Kier alpha value is -3.81. The summed E-state index contributed by atoms with van der Waals surface area (Å²) in [4.78, 5) is 29.1. The van der Waals surface area contributed by atoms with E-state index in [9.17, 15) is 9.59 Å². The molecule has 1 N–H and O–H groups in total. The molecule has 1 amide bonds. The van der Waals surface area contributed by atoms with Crippen molar-refractivity contribution in [2.45, 2.75) is 6.54 Å².